The first kappa shape index (κ1) is 20.3. The van der Waals surface area contributed by atoms with E-state index < -0.39 is 20.6 Å². The van der Waals surface area contributed by atoms with Gasteiger partial charge in [-0.1, -0.05) is 53.9 Å². The van der Waals surface area contributed by atoms with Crippen LogP contribution in [0.15, 0.2) is 64.0 Å². The summed E-state index contributed by atoms with van der Waals surface area (Å²) in [5.41, 5.74) is 1.86. The van der Waals surface area contributed by atoms with Crippen LogP contribution in [0.4, 0.5) is 0 Å². The SMILES string of the molecule is Cc1ccc(-c2nc(COC(=O)C3(S(=O)(=O)c4ccccc4)CCCC3)no2)cc1. The summed E-state index contributed by atoms with van der Waals surface area (Å²) >= 11 is 0. The Morgan fingerprint density at radius 2 is 1.73 bits per heavy atom. The molecule has 4 rings (SSSR count). The minimum absolute atomic E-state index is 0.130. The van der Waals surface area contributed by atoms with E-state index in [0.717, 1.165) is 11.1 Å². The minimum atomic E-state index is -3.88. The summed E-state index contributed by atoms with van der Waals surface area (Å²) in [5.74, 6) is -0.261. The second kappa shape index (κ2) is 8.02. The average molecular weight is 426 g/mol. The second-order valence-electron chi connectivity index (χ2n) is 7.48. The zero-order valence-electron chi connectivity index (χ0n) is 16.6. The Kier molecular flexibility index (Phi) is 5.42. The van der Waals surface area contributed by atoms with Crippen molar-refractivity contribution in [3.63, 3.8) is 0 Å². The zero-order valence-corrected chi connectivity index (χ0v) is 17.4. The first-order valence-corrected chi connectivity index (χ1v) is 11.3. The van der Waals surface area contributed by atoms with E-state index in [-0.39, 0.29) is 30.2 Å². The van der Waals surface area contributed by atoms with E-state index in [1.54, 1.807) is 18.2 Å². The molecule has 0 aliphatic heterocycles. The molecule has 7 nitrogen and oxygen atoms in total. The molecule has 8 heteroatoms. The first-order chi connectivity index (χ1) is 14.4. The Morgan fingerprint density at radius 3 is 2.40 bits per heavy atom. The van der Waals surface area contributed by atoms with Crippen molar-refractivity contribution in [1.82, 2.24) is 10.1 Å². The number of rotatable bonds is 6. The molecule has 0 spiro atoms. The zero-order chi connectivity index (χ0) is 21.2. The Hall–Kier alpha value is -3.00. The molecule has 2 aromatic carbocycles. The van der Waals surface area contributed by atoms with Gasteiger partial charge in [0.05, 0.1) is 4.90 Å². The Bertz CT molecular complexity index is 1130. The van der Waals surface area contributed by atoms with E-state index in [0.29, 0.717) is 18.7 Å². The molecular formula is C22H22N2O5S. The fourth-order valence-electron chi connectivity index (χ4n) is 3.74. The smallest absolute Gasteiger partial charge is 0.328 e. The summed E-state index contributed by atoms with van der Waals surface area (Å²) in [6, 6.07) is 15.6. The summed E-state index contributed by atoms with van der Waals surface area (Å²) < 4.78 is 35.6. The van der Waals surface area contributed by atoms with E-state index >= 15 is 0 Å². The van der Waals surface area contributed by atoms with Crippen LogP contribution in [-0.2, 0) is 26.0 Å². The number of hydrogen-bond acceptors (Lipinski definition) is 7. The first-order valence-electron chi connectivity index (χ1n) is 9.79. The van der Waals surface area contributed by atoms with Crippen LogP contribution in [0.1, 0.15) is 37.1 Å². The predicted octanol–water partition coefficient (Wildman–Crippen LogP) is 3.87. The lowest BCUT2D eigenvalue weighted by atomic mass is 10.1. The third kappa shape index (κ3) is 3.63. The lowest BCUT2D eigenvalue weighted by Crippen LogP contribution is -2.45. The van der Waals surface area contributed by atoms with Crippen LogP contribution in [0, 0.1) is 6.92 Å². The van der Waals surface area contributed by atoms with Gasteiger partial charge in [-0.25, -0.2) is 8.42 Å². The third-order valence-electron chi connectivity index (χ3n) is 5.45. The lowest BCUT2D eigenvalue weighted by molar-refractivity contribution is -0.148. The molecule has 0 radical (unpaired) electrons. The van der Waals surface area contributed by atoms with Gasteiger partial charge in [-0.15, -0.1) is 0 Å². The predicted molar refractivity (Wildman–Crippen MR) is 109 cm³/mol. The van der Waals surface area contributed by atoms with Gasteiger partial charge in [0.2, 0.25) is 5.82 Å². The van der Waals surface area contributed by atoms with Gasteiger partial charge in [-0.05, 0) is 44.0 Å². The normalized spacial score (nSPS) is 15.8. The fourth-order valence-corrected chi connectivity index (χ4v) is 5.81. The quantitative estimate of drug-likeness (QED) is 0.552. The summed E-state index contributed by atoms with van der Waals surface area (Å²) in [7, 11) is -3.88. The fraction of sp³-hybridized carbons (Fsp3) is 0.318. The van der Waals surface area contributed by atoms with Crippen LogP contribution in [-0.4, -0.2) is 29.3 Å². The van der Waals surface area contributed by atoms with Gasteiger partial charge < -0.3 is 9.26 Å². The molecule has 30 heavy (non-hydrogen) atoms. The number of benzene rings is 2. The largest absolute Gasteiger partial charge is 0.456 e. The molecule has 1 heterocycles. The van der Waals surface area contributed by atoms with Crippen LogP contribution in [0.5, 0.6) is 0 Å². The van der Waals surface area contributed by atoms with Gasteiger partial charge in [0.15, 0.2) is 21.2 Å². The molecule has 1 fully saturated rings. The van der Waals surface area contributed by atoms with Crippen molar-refractivity contribution >= 4 is 15.8 Å². The van der Waals surface area contributed by atoms with Crippen LogP contribution >= 0.6 is 0 Å². The third-order valence-corrected chi connectivity index (χ3v) is 7.95. The van der Waals surface area contributed by atoms with Gasteiger partial charge >= 0.3 is 5.97 Å². The standard InChI is InChI=1S/C22H22N2O5S/c1-16-9-11-17(12-10-16)20-23-19(24-29-20)15-28-21(25)22(13-5-6-14-22)30(26,27)18-7-3-2-4-8-18/h2-4,7-12H,5-6,13-15H2,1H3. The van der Waals surface area contributed by atoms with Crippen molar-refractivity contribution in [1.29, 1.82) is 0 Å². The molecule has 0 atom stereocenters. The van der Waals surface area contributed by atoms with Crippen molar-refractivity contribution in [2.24, 2.45) is 0 Å². The maximum Gasteiger partial charge on any atom is 0.328 e. The van der Waals surface area contributed by atoms with E-state index in [1.165, 1.54) is 12.1 Å². The van der Waals surface area contributed by atoms with Gasteiger partial charge in [0, 0.05) is 5.56 Å². The molecule has 0 saturated heterocycles. The molecule has 1 saturated carbocycles. The molecule has 1 aliphatic rings. The number of hydrogen-bond donors (Lipinski definition) is 0. The van der Waals surface area contributed by atoms with Gasteiger partial charge in [0.1, 0.15) is 0 Å². The number of sulfone groups is 1. The summed E-state index contributed by atoms with van der Waals surface area (Å²) in [4.78, 5) is 17.4. The highest BCUT2D eigenvalue weighted by molar-refractivity contribution is 7.93. The Morgan fingerprint density at radius 1 is 1.07 bits per heavy atom. The van der Waals surface area contributed by atoms with Crippen LogP contribution in [0.2, 0.25) is 0 Å². The van der Waals surface area contributed by atoms with Crippen LogP contribution < -0.4 is 0 Å². The van der Waals surface area contributed by atoms with E-state index in [2.05, 4.69) is 10.1 Å². The van der Waals surface area contributed by atoms with Crippen molar-refractivity contribution in [3.05, 3.63) is 66.0 Å². The average Bonchev–Trinajstić information content (AvgIpc) is 3.44. The number of ether oxygens (including phenoxy) is 1. The second-order valence-corrected chi connectivity index (χ2v) is 9.74. The molecular weight excluding hydrogens is 404 g/mol. The molecule has 0 unspecified atom stereocenters. The molecule has 0 N–H and O–H groups in total. The van der Waals surface area contributed by atoms with Crippen LogP contribution in [0.25, 0.3) is 11.5 Å². The highest BCUT2D eigenvalue weighted by Gasteiger charge is 2.54. The Balaban J connectivity index is 1.52. The highest BCUT2D eigenvalue weighted by atomic mass is 32.2. The number of carbonyl (C=O) groups is 1. The van der Waals surface area contributed by atoms with Crippen molar-refractivity contribution in [2.75, 3.05) is 0 Å². The number of carbonyl (C=O) groups excluding carboxylic acids is 1. The van der Waals surface area contributed by atoms with Crippen molar-refractivity contribution < 1.29 is 22.5 Å². The number of nitrogens with zero attached hydrogens (tertiary/aromatic N) is 2. The van der Waals surface area contributed by atoms with Crippen molar-refractivity contribution in [2.45, 2.75) is 48.9 Å². The minimum Gasteiger partial charge on any atom is -0.456 e. The maximum absolute atomic E-state index is 13.3. The molecule has 1 aromatic heterocycles. The number of aryl methyl sites for hydroxylation is 1. The topological polar surface area (TPSA) is 99.4 Å². The lowest BCUT2D eigenvalue weighted by Gasteiger charge is -2.26. The molecule has 0 amide bonds. The van der Waals surface area contributed by atoms with E-state index in [4.69, 9.17) is 9.26 Å². The van der Waals surface area contributed by atoms with Gasteiger partial charge in [0.25, 0.3) is 5.89 Å². The summed E-state index contributed by atoms with van der Waals surface area (Å²) in [6.07, 6.45) is 1.79. The van der Waals surface area contributed by atoms with Gasteiger partial charge in [-0.3, -0.25) is 4.79 Å². The van der Waals surface area contributed by atoms with Crippen LogP contribution in [0.3, 0.4) is 0 Å². The molecule has 3 aromatic rings. The molecule has 1 aliphatic carbocycles. The van der Waals surface area contributed by atoms with E-state index in [9.17, 15) is 13.2 Å². The maximum atomic E-state index is 13.3. The highest BCUT2D eigenvalue weighted by Crippen LogP contribution is 2.41. The summed E-state index contributed by atoms with van der Waals surface area (Å²) in [6.45, 7) is 1.73. The Labute approximate surface area is 175 Å². The summed E-state index contributed by atoms with van der Waals surface area (Å²) in [5, 5.41) is 3.84. The number of aromatic nitrogens is 2. The molecule has 0 bridgehead atoms. The van der Waals surface area contributed by atoms with Gasteiger partial charge in [-0.2, -0.15) is 4.98 Å². The van der Waals surface area contributed by atoms with E-state index in [1.807, 2.05) is 31.2 Å². The monoisotopic (exact) mass is 426 g/mol. The van der Waals surface area contributed by atoms with Crippen molar-refractivity contribution in [3.8, 4) is 11.5 Å². The molecule has 156 valence electrons. The number of esters is 1.